The molecule has 9 heteroatoms. The molecule has 0 saturated carbocycles. The van der Waals surface area contributed by atoms with Crippen molar-refractivity contribution < 1.29 is 23.5 Å². The highest BCUT2D eigenvalue weighted by Gasteiger charge is 2.18. The molecule has 2 aromatic carbocycles. The number of amides is 1. The first-order valence-corrected chi connectivity index (χ1v) is 11.2. The summed E-state index contributed by atoms with van der Waals surface area (Å²) in [6, 6.07) is 14.2. The molecule has 34 heavy (non-hydrogen) atoms. The number of para-hydroxylation sites is 1. The second-order valence-corrected chi connectivity index (χ2v) is 8.16. The van der Waals surface area contributed by atoms with Gasteiger partial charge in [-0.2, -0.15) is 0 Å². The number of aromatic nitrogens is 2. The van der Waals surface area contributed by atoms with Crippen LogP contribution in [0.15, 0.2) is 72.4 Å². The van der Waals surface area contributed by atoms with Crippen LogP contribution in [-0.2, 0) is 17.6 Å². The number of anilines is 1. The predicted octanol–water partition coefficient (Wildman–Crippen LogP) is 5.08. The van der Waals surface area contributed by atoms with Gasteiger partial charge < -0.3 is 14.8 Å². The number of ether oxygens (including phenoxy) is 2. The second-order valence-electron chi connectivity index (χ2n) is 7.18. The Morgan fingerprint density at radius 2 is 1.88 bits per heavy atom. The molecule has 0 radical (unpaired) electrons. The lowest BCUT2D eigenvalue weighted by atomic mass is 10.0. The summed E-state index contributed by atoms with van der Waals surface area (Å²) >= 11 is 1.39. The lowest BCUT2D eigenvalue weighted by molar-refractivity contribution is -0.117. The fraction of sp³-hybridized carbons (Fsp3) is 0.120. The van der Waals surface area contributed by atoms with Crippen molar-refractivity contribution in [2.24, 2.45) is 0 Å². The monoisotopic (exact) mass is 477 g/mol. The Hall–Kier alpha value is -4.11. The van der Waals surface area contributed by atoms with Crippen molar-refractivity contribution in [3.05, 3.63) is 94.5 Å². The van der Waals surface area contributed by atoms with Crippen LogP contribution in [0.2, 0.25) is 0 Å². The molecule has 0 aliphatic carbocycles. The highest BCUT2D eigenvalue weighted by molar-refractivity contribution is 7.09. The summed E-state index contributed by atoms with van der Waals surface area (Å²) in [5.74, 6) is -0.714. The van der Waals surface area contributed by atoms with E-state index in [0.29, 0.717) is 16.3 Å². The summed E-state index contributed by atoms with van der Waals surface area (Å²) in [7, 11) is 1.41. The molecule has 0 unspecified atom stereocenters. The van der Waals surface area contributed by atoms with E-state index in [1.807, 2.05) is 0 Å². The largest absolute Gasteiger partial charge is 0.493 e. The van der Waals surface area contributed by atoms with Gasteiger partial charge in [-0.15, -0.1) is 11.3 Å². The number of carbonyl (C=O) groups is 2. The minimum Gasteiger partial charge on any atom is -0.493 e. The number of nitrogens with one attached hydrogen (secondary N) is 1. The molecule has 172 valence electrons. The summed E-state index contributed by atoms with van der Waals surface area (Å²) in [5.41, 5.74) is 1.17. The molecule has 0 bridgehead atoms. The van der Waals surface area contributed by atoms with Crippen LogP contribution in [0.25, 0.3) is 0 Å². The van der Waals surface area contributed by atoms with Gasteiger partial charge in [-0.3, -0.25) is 14.6 Å². The average molecular weight is 478 g/mol. The summed E-state index contributed by atoms with van der Waals surface area (Å²) in [6.07, 6.45) is 3.32. The Morgan fingerprint density at radius 3 is 2.62 bits per heavy atom. The van der Waals surface area contributed by atoms with Gasteiger partial charge in [0.1, 0.15) is 17.2 Å². The Labute approximate surface area is 199 Å². The fourth-order valence-corrected chi connectivity index (χ4v) is 3.87. The van der Waals surface area contributed by atoms with Crippen LogP contribution in [0.4, 0.5) is 10.1 Å². The van der Waals surface area contributed by atoms with E-state index in [-0.39, 0.29) is 41.6 Å². The zero-order chi connectivity index (χ0) is 23.9. The molecule has 1 amide bonds. The van der Waals surface area contributed by atoms with E-state index in [1.165, 1.54) is 36.8 Å². The number of hydrogen-bond acceptors (Lipinski definition) is 7. The number of thiazole rings is 1. The molecule has 0 saturated heterocycles. The molecule has 1 N–H and O–H groups in total. The number of carbonyl (C=O) groups excluding carboxylic acids is 2. The van der Waals surface area contributed by atoms with Crippen molar-refractivity contribution >= 4 is 28.7 Å². The quantitative estimate of drug-likeness (QED) is 0.361. The topological polar surface area (TPSA) is 90.4 Å². The van der Waals surface area contributed by atoms with Gasteiger partial charge in [0.05, 0.1) is 18.5 Å². The zero-order valence-corrected chi connectivity index (χ0v) is 19.0. The Kier molecular flexibility index (Phi) is 7.24. The number of nitrogens with zero attached hydrogens (tertiary/aromatic N) is 2. The van der Waals surface area contributed by atoms with Crippen molar-refractivity contribution in [1.29, 1.82) is 0 Å². The van der Waals surface area contributed by atoms with E-state index in [4.69, 9.17) is 9.47 Å². The third-order valence-electron chi connectivity index (χ3n) is 4.80. The van der Waals surface area contributed by atoms with Crippen LogP contribution in [0.3, 0.4) is 0 Å². The normalized spacial score (nSPS) is 10.5. The molecular formula is C25H20FN3O4S. The SMILES string of the molecule is COc1cccc(F)c1Oc1ccc(NC(=O)c2ccccn2)cc1CC(=O)Cc1nccs1. The number of pyridine rings is 1. The molecule has 2 heterocycles. The highest BCUT2D eigenvalue weighted by Crippen LogP contribution is 2.36. The smallest absolute Gasteiger partial charge is 0.274 e. The average Bonchev–Trinajstić information content (AvgIpc) is 3.35. The summed E-state index contributed by atoms with van der Waals surface area (Å²) in [5, 5.41) is 5.26. The lowest BCUT2D eigenvalue weighted by Gasteiger charge is -2.15. The number of halogens is 1. The molecule has 4 rings (SSSR count). The van der Waals surface area contributed by atoms with Gasteiger partial charge in [-0.05, 0) is 42.5 Å². The van der Waals surface area contributed by atoms with Gasteiger partial charge in [0, 0.05) is 35.4 Å². The number of benzene rings is 2. The maximum atomic E-state index is 14.5. The van der Waals surface area contributed by atoms with E-state index in [1.54, 1.807) is 54.0 Å². The second kappa shape index (κ2) is 10.7. The van der Waals surface area contributed by atoms with Crippen LogP contribution in [0, 0.1) is 5.82 Å². The molecule has 0 atom stereocenters. The summed E-state index contributed by atoms with van der Waals surface area (Å²) in [4.78, 5) is 33.4. The standard InChI is InChI=1S/C25H20FN3O4S/c1-32-22-7-4-5-19(26)24(22)33-21-9-8-17(29-25(31)20-6-2-3-10-27-20)13-16(21)14-18(30)15-23-28-11-12-34-23/h2-13H,14-15H2,1H3,(H,29,31). The van der Waals surface area contributed by atoms with Crippen molar-refractivity contribution in [2.45, 2.75) is 12.8 Å². The minimum absolute atomic E-state index is 0.00101. The Bertz CT molecular complexity index is 1300. The third kappa shape index (κ3) is 5.62. The maximum Gasteiger partial charge on any atom is 0.274 e. The molecule has 0 aliphatic heterocycles. The summed E-state index contributed by atoms with van der Waals surface area (Å²) in [6.45, 7) is 0. The van der Waals surface area contributed by atoms with Crippen LogP contribution in [0.1, 0.15) is 21.1 Å². The van der Waals surface area contributed by atoms with Crippen LogP contribution >= 0.6 is 11.3 Å². The van der Waals surface area contributed by atoms with Gasteiger partial charge in [0.15, 0.2) is 11.6 Å². The van der Waals surface area contributed by atoms with Crippen LogP contribution < -0.4 is 14.8 Å². The van der Waals surface area contributed by atoms with Gasteiger partial charge in [0.25, 0.3) is 5.91 Å². The molecule has 0 aliphatic rings. The van der Waals surface area contributed by atoms with Crippen LogP contribution in [-0.4, -0.2) is 28.8 Å². The van der Waals surface area contributed by atoms with Gasteiger partial charge >= 0.3 is 0 Å². The number of ketones is 1. The van der Waals surface area contributed by atoms with Crippen molar-refractivity contribution in [3.63, 3.8) is 0 Å². The molecule has 2 aromatic heterocycles. The fourth-order valence-electron chi connectivity index (χ4n) is 3.23. The maximum absolute atomic E-state index is 14.5. The van der Waals surface area contributed by atoms with Gasteiger partial charge in [-0.25, -0.2) is 9.37 Å². The van der Waals surface area contributed by atoms with E-state index < -0.39 is 11.7 Å². The summed E-state index contributed by atoms with van der Waals surface area (Å²) < 4.78 is 25.5. The molecule has 4 aromatic rings. The Morgan fingerprint density at radius 1 is 1.00 bits per heavy atom. The number of hydrogen-bond donors (Lipinski definition) is 1. The number of methoxy groups -OCH3 is 1. The third-order valence-corrected chi connectivity index (χ3v) is 5.58. The first-order chi connectivity index (χ1) is 16.5. The highest BCUT2D eigenvalue weighted by atomic mass is 32.1. The Balaban J connectivity index is 1.63. The molecule has 0 fully saturated rings. The molecular weight excluding hydrogens is 457 g/mol. The predicted molar refractivity (Wildman–Crippen MR) is 126 cm³/mol. The van der Waals surface area contributed by atoms with E-state index in [9.17, 15) is 14.0 Å². The number of Topliss-reactive ketones (excluding diaryl/α,β-unsaturated/α-hetero) is 1. The van der Waals surface area contributed by atoms with E-state index in [0.717, 1.165) is 0 Å². The van der Waals surface area contributed by atoms with Crippen LogP contribution in [0.5, 0.6) is 17.2 Å². The lowest BCUT2D eigenvalue weighted by Crippen LogP contribution is -2.14. The first kappa shape index (κ1) is 23.1. The van der Waals surface area contributed by atoms with Crippen molar-refractivity contribution in [2.75, 3.05) is 12.4 Å². The van der Waals surface area contributed by atoms with Gasteiger partial charge in [0.2, 0.25) is 5.75 Å². The minimum atomic E-state index is -0.605. The molecule has 7 nitrogen and oxygen atoms in total. The van der Waals surface area contributed by atoms with E-state index in [2.05, 4.69) is 15.3 Å². The molecule has 0 spiro atoms. The van der Waals surface area contributed by atoms with Gasteiger partial charge in [-0.1, -0.05) is 12.1 Å². The van der Waals surface area contributed by atoms with E-state index >= 15 is 0 Å². The first-order valence-electron chi connectivity index (χ1n) is 10.3. The van der Waals surface area contributed by atoms with Crippen molar-refractivity contribution in [3.8, 4) is 17.2 Å². The van der Waals surface area contributed by atoms with Crippen molar-refractivity contribution in [1.82, 2.24) is 9.97 Å². The number of rotatable bonds is 9. The zero-order valence-electron chi connectivity index (χ0n) is 18.2.